The van der Waals surface area contributed by atoms with Gasteiger partial charge in [-0.1, -0.05) is 51.8 Å². The van der Waals surface area contributed by atoms with Crippen molar-refractivity contribution in [2.45, 2.75) is 58.9 Å². The number of benzene rings is 1. The van der Waals surface area contributed by atoms with Crippen molar-refractivity contribution in [2.75, 3.05) is 13.2 Å². The minimum Gasteiger partial charge on any atom is -0.493 e. The second-order valence-electron chi connectivity index (χ2n) is 6.44. The van der Waals surface area contributed by atoms with Crippen molar-refractivity contribution in [1.82, 2.24) is 5.32 Å². The Balaban J connectivity index is 2.17. The Morgan fingerprint density at radius 3 is 2.52 bits per heavy atom. The van der Waals surface area contributed by atoms with Crippen molar-refractivity contribution >= 4 is 0 Å². The van der Waals surface area contributed by atoms with Crippen molar-refractivity contribution in [3.63, 3.8) is 0 Å². The largest absolute Gasteiger partial charge is 0.493 e. The Kier molecular flexibility index (Phi) is 6.56. The average molecular weight is 289 g/mol. The van der Waals surface area contributed by atoms with Gasteiger partial charge in [-0.3, -0.25) is 0 Å². The maximum atomic E-state index is 5.99. The first-order valence-electron chi connectivity index (χ1n) is 8.71. The van der Waals surface area contributed by atoms with Crippen LogP contribution in [-0.4, -0.2) is 13.2 Å². The summed E-state index contributed by atoms with van der Waals surface area (Å²) in [4.78, 5) is 0. The van der Waals surface area contributed by atoms with E-state index in [4.69, 9.17) is 4.74 Å². The lowest BCUT2D eigenvalue weighted by Crippen LogP contribution is -2.31. The molecular formula is C19H31NO. The molecule has 118 valence electrons. The quantitative estimate of drug-likeness (QED) is 0.766. The highest BCUT2D eigenvalue weighted by molar-refractivity contribution is 5.36. The van der Waals surface area contributed by atoms with Gasteiger partial charge in [0.1, 0.15) is 5.75 Å². The first-order chi connectivity index (χ1) is 10.3. The Hall–Kier alpha value is -1.02. The third-order valence-corrected chi connectivity index (χ3v) is 4.67. The molecule has 0 heterocycles. The van der Waals surface area contributed by atoms with Crippen LogP contribution in [0.1, 0.15) is 64.5 Å². The molecule has 2 rings (SSSR count). The summed E-state index contributed by atoms with van der Waals surface area (Å²) in [6, 6.07) is 9.04. The highest BCUT2D eigenvalue weighted by atomic mass is 16.5. The van der Waals surface area contributed by atoms with Gasteiger partial charge < -0.3 is 10.1 Å². The highest BCUT2D eigenvalue weighted by Gasteiger charge is 2.28. The number of para-hydroxylation sites is 1. The maximum Gasteiger partial charge on any atom is 0.124 e. The summed E-state index contributed by atoms with van der Waals surface area (Å²) in [5, 5.41) is 3.72. The number of hydrogen-bond donors (Lipinski definition) is 1. The van der Waals surface area contributed by atoms with Crippen LogP contribution in [0.15, 0.2) is 24.3 Å². The average Bonchev–Trinajstić information content (AvgIpc) is 2.52. The molecule has 0 aromatic heterocycles. The van der Waals surface area contributed by atoms with E-state index in [9.17, 15) is 0 Å². The fraction of sp³-hybridized carbons (Fsp3) is 0.684. The van der Waals surface area contributed by atoms with Gasteiger partial charge in [0.25, 0.3) is 0 Å². The zero-order valence-electron chi connectivity index (χ0n) is 13.9. The molecule has 1 N–H and O–H groups in total. The summed E-state index contributed by atoms with van der Waals surface area (Å²) in [5.41, 5.74) is 1.35. The van der Waals surface area contributed by atoms with Crippen LogP contribution < -0.4 is 10.1 Å². The van der Waals surface area contributed by atoms with Gasteiger partial charge in [-0.05, 0) is 43.7 Å². The fourth-order valence-corrected chi connectivity index (χ4v) is 3.45. The smallest absolute Gasteiger partial charge is 0.124 e. The van der Waals surface area contributed by atoms with Crippen molar-refractivity contribution in [2.24, 2.45) is 11.8 Å². The predicted molar refractivity (Wildman–Crippen MR) is 89.8 cm³/mol. The standard InChI is InChI=1S/C19H31NO/c1-4-14-21-18-9-7-6-8-17(18)19(20-5-2)16-12-10-15(3)11-13-16/h6-9,15-16,19-20H,4-5,10-14H2,1-3H3. The Labute approximate surface area is 130 Å². The van der Waals surface area contributed by atoms with E-state index in [1.54, 1.807) is 0 Å². The highest BCUT2D eigenvalue weighted by Crippen LogP contribution is 2.39. The number of rotatable bonds is 7. The Morgan fingerprint density at radius 2 is 1.86 bits per heavy atom. The molecule has 0 aliphatic heterocycles. The van der Waals surface area contributed by atoms with Gasteiger partial charge in [-0.25, -0.2) is 0 Å². The van der Waals surface area contributed by atoms with Gasteiger partial charge in [0, 0.05) is 11.6 Å². The summed E-state index contributed by atoms with van der Waals surface area (Å²) in [6.07, 6.45) is 6.46. The van der Waals surface area contributed by atoms with Crippen LogP contribution in [0, 0.1) is 11.8 Å². The molecule has 1 saturated carbocycles. The monoisotopic (exact) mass is 289 g/mol. The molecule has 21 heavy (non-hydrogen) atoms. The molecule has 2 heteroatoms. The van der Waals surface area contributed by atoms with Crippen LogP contribution in [-0.2, 0) is 0 Å². The third kappa shape index (κ3) is 4.47. The van der Waals surface area contributed by atoms with Gasteiger partial charge in [0.05, 0.1) is 6.61 Å². The SMILES string of the molecule is CCCOc1ccccc1C(NCC)C1CCC(C)CC1. The summed E-state index contributed by atoms with van der Waals surface area (Å²) in [7, 11) is 0. The number of hydrogen-bond acceptors (Lipinski definition) is 2. The van der Waals surface area contributed by atoms with Gasteiger partial charge in [-0.15, -0.1) is 0 Å². The zero-order chi connectivity index (χ0) is 15.1. The molecule has 1 aliphatic rings. The van der Waals surface area contributed by atoms with Crippen LogP contribution in [0.4, 0.5) is 0 Å². The molecule has 0 bridgehead atoms. The summed E-state index contributed by atoms with van der Waals surface area (Å²) in [5.74, 6) is 2.71. The molecular weight excluding hydrogens is 258 g/mol. The maximum absolute atomic E-state index is 5.99. The van der Waals surface area contributed by atoms with Crippen LogP contribution in [0.5, 0.6) is 5.75 Å². The van der Waals surface area contributed by atoms with Gasteiger partial charge in [0.15, 0.2) is 0 Å². The zero-order valence-corrected chi connectivity index (χ0v) is 13.9. The molecule has 0 radical (unpaired) electrons. The predicted octanol–water partition coefficient (Wildman–Crippen LogP) is 4.95. The summed E-state index contributed by atoms with van der Waals surface area (Å²) in [6.45, 7) is 8.56. The van der Waals surface area contributed by atoms with Crippen molar-refractivity contribution in [3.05, 3.63) is 29.8 Å². The third-order valence-electron chi connectivity index (χ3n) is 4.67. The molecule has 0 saturated heterocycles. The van der Waals surface area contributed by atoms with E-state index in [2.05, 4.69) is 50.4 Å². The molecule has 1 unspecified atom stereocenters. The van der Waals surface area contributed by atoms with Crippen LogP contribution in [0.3, 0.4) is 0 Å². The molecule has 0 amide bonds. The van der Waals surface area contributed by atoms with E-state index >= 15 is 0 Å². The van der Waals surface area contributed by atoms with Crippen LogP contribution >= 0.6 is 0 Å². The summed E-state index contributed by atoms with van der Waals surface area (Å²) < 4.78 is 5.99. The van der Waals surface area contributed by atoms with Gasteiger partial charge in [0.2, 0.25) is 0 Å². The van der Waals surface area contributed by atoms with Gasteiger partial charge in [-0.2, -0.15) is 0 Å². The Bertz CT molecular complexity index is 410. The second-order valence-corrected chi connectivity index (χ2v) is 6.44. The second kappa shape index (κ2) is 8.43. The van der Waals surface area contributed by atoms with Crippen LogP contribution in [0.2, 0.25) is 0 Å². The molecule has 1 fully saturated rings. The number of ether oxygens (including phenoxy) is 1. The van der Waals surface area contributed by atoms with E-state index in [1.807, 2.05) is 0 Å². The first kappa shape index (κ1) is 16.4. The van der Waals surface area contributed by atoms with E-state index in [0.717, 1.165) is 37.2 Å². The molecule has 0 spiro atoms. The molecule has 1 aromatic carbocycles. The van der Waals surface area contributed by atoms with Gasteiger partial charge >= 0.3 is 0 Å². The van der Waals surface area contributed by atoms with Crippen LogP contribution in [0.25, 0.3) is 0 Å². The molecule has 1 atom stereocenters. The minimum absolute atomic E-state index is 0.440. The molecule has 1 aliphatic carbocycles. The first-order valence-corrected chi connectivity index (χ1v) is 8.71. The Morgan fingerprint density at radius 1 is 1.14 bits per heavy atom. The van der Waals surface area contributed by atoms with E-state index in [0.29, 0.717) is 6.04 Å². The van der Waals surface area contributed by atoms with Crippen molar-refractivity contribution in [3.8, 4) is 5.75 Å². The topological polar surface area (TPSA) is 21.3 Å². The van der Waals surface area contributed by atoms with E-state index in [1.165, 1.54) is 31.2 Å². The van der Waals surface area contributed by atoms with Crippen molar-refractivity contribution in [1.29, 1.82) is 0 Å². The normalized spacial score (nSPS) is 23.8. The fourth-order valence-electron chi connectivity index (χ4n) is 3.45. The van der Waals surface area contributed by atoms with Crippen molar-refractivity contribution < 1.29 is 4.74 Å². The minimum atomic E-state index is 0.440. The molecule has 2 nitrogen and oxygen atoms in total. The molecule has 1 aromatic rings. The van der Waals surface area contributed by atoms with E-state index < -0.39 is 0 Å². The van der Waals surface area contributed by atoms with E-state index in [-0.39, 0.29) is 0 Å². The number of nitrogens with one attached hydrogen (secondary N) is 1. The lowest BCUT2D eigenvalue weighted by atomic mass is 9.77. The summed E-state index contributed by atoms with van der Waals surface area (Å²) >= 11 is 0. The lowest BCUT2D eigenvalue weighted by Gasteiger charge is -2.34. The lowest BCUT2D eigenvalue weighted by molar-refractivity contribution is 0.227.